The van der Waals surface area contributed by atoms with E-state index in [1.807, 2.05) is 27.7 Å². The fraction of sp³-hybridized carbons (Fsp3) is 0.600. The minimum absolute atomic E-state index is 0.170. The molecule has 0 aliphatic carbocycles. The lowest BCUT2D eigenvalue weighted by Gasteiger charge is -2.51. The van der Waals surface area contributed by atoms with Gasteiger partial charge in [0.2, 0.25) is 5.91 Å². The third kappa shape index (κ3) is 0.919. The number of hydrogen-bond donors (Lipinski definition) is 0. The van der Waals surface area contributed by atoms with Crippen LogP contribution in [-0.2, 0) is 4.79 Å². The number of allylic oxidation sites excluding steroid dienone is 1. The van der Waals surface area contributed by atoms with E-state index in [1.165, 1.54) is 0 Å². The monoisotopic (exact) mass is 165 g/mol. The third-order valence-corrected chi connectivity index (χ3v) is 2.82. The van der Waals surface area contributed by atoms with Crippen LogP contribution in [0.2, 0.25) is 0 Å². The van der Waals surface area contributed by atoms with Crippen LogP contribution in [0.4, 0.5) is 0 Å². The summed E-state index contributed by atoms with van der Waals surface area (Å²) in [6.45, 7) is 11.4. The van der Waals surface area contributed by atoms with Crippen molar-refractivity contribution in [3.05, 3.63) is 18.0 Å². The van der Waals surface area contributed by atoms with E-state index >= 15 is 0 Å². The average Bonchev–Trinajstić information content (AvgIpc) is 2.04. The average molecular weight is 165 g/mol. The summed E-state index contributed by atoms with van der Waals surface area (Å²) >= 11 is 0. The van der Waals surface area contributed by atoms with Crippen molar-refractivity contribution in [3.63, 3.8) is 0 Å². The van der Waals surface area contributed by atoms with Gasteiger partial charge in [-0.05, 0) is 27.7 Å². The first-order valence-electron chi connectivity index (χ1n) is 4.13. The molecule has 1 atom stereocenters. The molecule has 1 rings (SSSR count). The van der Waals surface area contributed by atoms with Gasteiger partial charge < -0.3 is 4.90 Å². The van der Waals surface area contributed by atoms with Crippen molar-refractivity contribution in [2.24, 2.45) is 5.41 Å². The molecule has 0 aromatic carbocycles. The molecule has 2 heteroatoms. The molecule has 66 valence electrons. The molecule has 1 saturated heterocycles. The van der Waals surface area contributed by atoms with Gasteiger partial charge in [0.25, 0.3) is 0 Å². The van der Waals surface area contributed by atoms with E-state index in [-0.39, 0.29) is 17.4 Å². The number of carbonyl (C=O) groups excluding carboxylic acids is 1. The number of β-lactam (4-membered cyclic amide) rings is 1. The molecule has 0 spiro atoms. The second-order valence-corrected chi connectivity index (χ2v) is 3.84. The van der Waals surface area contributed by atoms with Gasteiger partial charge in [0.1, 0.15) is 0 Å². The largest absolute Gasteiger partial charge is 0.305 e. The van der Waals surface area contributed by atoms with Gasteiger partial charge in [0.05, 0.1) is 11.1 Å². The summed E-state index contributed by atoms with van der Waals surface area (Å²) in [5.74, 6) is 0.170. The maximum atomic E-state index is 11.5. The van der Waals surface area contributed by atoms with Crippen LogP contribution in [0.5, 0.6) is 0 Å². The normalized spacial score (nSPS) is 26.2. The SMILES string of the molecule is C=C=C(C)N1C(=O)C(C)(C)C1C. The summed E-state index contributed by atoms with van der Waals surface area (Å²) in [7, 11) is 0. The summed E-state index contributed by atoms with van der Waals surface area (Å²) in [4.78, 5) is 13.3. The number of rotatable bonds is 1. The van der Waals surface area contributed by atoms with Crippen LogP contribution in [0.25, 0.3) is 0 Å². The fourth-order valence-electron chi connectivity index (χ4n) is 1.45. The smallest absolute Gasteiger partial charge is 0.235 e. The zero-order chi connectivity index (χ0) is 9.52. The molecular formula is C10H15NO. The van der Waals surface area contributed by atoms with E-state index in [0.29, 0.717) is 0 Å². The molecule has 1 heterocycles. The molecule has 1 aliphatic rings. The third-order valence-electron chi connectivity index (χ3n) is 2.82. The molecule has 1 amide bonds. The minimum atomic E-state index is -0.210. The van der Waals surface area contributed by atoms with Crippen molar-refractivity contribution in [1.29, 1.82) is 0 Å². The molecule has 2 nitrogen and oxygen atoms in total. The van der Waals surface area contributed by atoms with Crippen LogP contribution in [-0.4, -0.2) is 16.8 Å². The molecule has 0 aromatic rings. The highest BCUT2D eigenvalue weighted by Gasteiger charge is 2.51. The molecule has 0 bridgehead atoms. The lowest BCUT2D eigenvalue weighted by atomic mass is 9.74. The van der Waals surface area contributed by atoms with E-state index < -0.39 is 0 Å². The number of amides is 1. The molecule has 1 fully saturated rings. The van der Waals surface area contributed by atoms with Crippen LogP contribution >= 0.6 is 0 Å². The second kappa shape index (κ2) is 2.49. The van der Waals surface area contributed by atoms with Gasteiger partial charge in [-0.2, -0.15) is 0 Å². The maximum absolute atomic E-state index is 11.5. The molecule has 0 radical (unpaired) electrons. The standard InChI is InChI=1S/C10H15NO/c1-6-7(2)11-8(3)10(4,5)9(11)12/h8H,1H2,2-5H3. The maximum Gasteiger partial charge on any atom is 0.235 e. The van der Waals surface area contributed by atoms with Gasteiger partial charge in [-0.3, -0.25) is 4.79 Å². The predicted octanol–water partition coefficient (Wildman–Crippen LogP) is 1.93. The summed E-state index contributed by atoms with van der Waals surface area (Å²) < 4.78 is 0. The van der Waals surface area contributed by atoms with Crippen LogP contribution in [0, 0.1) is 5.41 Å². The van der Waals surface area contributed by atoms with E-state index in [2.05, 4.69) is 12.3 Å². The Morgan fingerprint density at radius 3 is 2.50 bits per heavy atom. The topological polar surface area (TPSA) is 20.3 Å². The molecule has 1 unspecified atom stereocenters. The summed E-state index contributed by atoms with van der Waals surface area (Å²) in [6.07, 6.45) is 0. The van der Waals surface area contributed by atoms with Crippen molar-refractivity contribution < 1.29 is 4.79 Å². The number of nitrogens with zero attached hydrogens (tertiary/aromatic N) is 1. The van der Waals surface area contributed by atoms with Crippen molar-refractivity contribution in [1.82, 2.24) is 4.90 Å². The van der Waals surface area contributed by atoms with Crippen molar-refractivity contribution in [2.75, 3.05) is 0 Å². The van der Waals surface area contributed by atoms with Crippen LogP contribution < -0.4 is 0 Å². The molecule has 0 aromatic heterocycles. The van der Waals surface area contributed by atoms with Gasteiger partial charge >= 0.3 is 0 Å². The van der Waals surface area contributed by atoms with Crippen LogP contribution in [0.1, 0.15) is 27.7 Å². The van der Waals surface area contributed by atoms with E-state index in [9.17, 15) is 4.79 Å². The quantitative estimate of drug-likeness (QED) is 0.429. The number of hydrogen-bond acceptors (Lipinski definition) is 1. The van der Waals surface area contributed by atoms with Gasteiger partial charge in [-0.15, -0.1) is 5.73 Å². The first-order valence-corrected chi connectivity index (χ1v) is 4.13. The van der Waals surface area contributed by atoms with Gasteiger partial charge in [-0.25, -0.2) is 0 Å². The highest BCUT2D eigenvalue weighted by atomic mass is 16.2. The Hall–Kier alpha value is -1.01. The van der Waals surface area contributed by atoms with Gasteiger partial charge in [0, 0.05) is 6.04 Å². The lowest BCUT2D eigenvalue weighted by Crippen LogP contribution is -2.63. The predicted molar refractivity (Wildman–Crippen MR) is 48.4 cm³/mol. The highest BCUT2D eigenvalue weighted by molar-refractivity contribution is 5.90. The Kier molecular flexibility index (Phi) is 1.89. The lowest BCUT2D eigenvalue weighted by molar-refractivity contribution is -0.161. The first-order chi connectivity index (χ1) is 5.42. The van der Waals surface area contributed by atoms with E-state index in [0.717, 1.165) is 5.70 Å². The van der Waals surface area contributed by atoms with Gasteiger partial charge in [-0.1, -0.05) is 6.58 Å². The van der Waals surface area contributed by atoms with Crippen molar-refractivity contribution in [3.8, 4) is 0 Å². The van der Waals surface area contributed by atoms with E-state index in [1.54, 1.807) is 4.90 Å². The minimum Gasteiger partial charge on any atom is -0.305 e. The van der Waals surface area contributed by atoms with E-state index in [4.69, 9.17) is 0 Å². The second-order valence-electron chi connectivity index (χ2n) is 3.84. The van der Waals surface area contributed by atoms with Crippen LogP contribution in [0.3, 0.4) is 0 Å². The van der Waals surface area contributed by atoms with Gasteiger partial charge in [0.15, 0.2) is 0 Å². The van der Waals surface area contributed by atoms with Crippen molar-refractivity contribution >= 4 is 5.91 Å². The summed E-state index contributed by atoms with van der Waals surface area (Å²) in [5, 5.41) is 0. The first kappa shape index (κ1) is 9.08. The molecule has 0 N–H and O–H groups in total. The summed E-state index contributed by atoms with van der Waals surface area (Å²) in [5.41, 5.74) is 3.35. The summed E-state index contributed by atoms with van der Waals surface area (Å²) in [6, 6.07) is 0.263. The van der Waals surface area contributed by atoms with Crippen LogP contribution in [0.15, 0.2) is 18.0 Å². The fourth-order valence-corrected chi connectivity index (χ4v) is 1.45. The Bertz CT molecular complexity index is 272. The molecule has 1 aliphatic heterocycles. The number of likely N-dealkylation sites (tertiary alicyclic amines) is 1. The Morgan fingerprint density at radius 1 is 1.67 bits per heavy atom. The molecule has 12 heavy (non-hydrogen) atoms. The van der Waals surface area contributed by atoms with Crippen molar-refractivity contribution in [2.45, 2.75) is 33.7 Å². The number of carbonyl (C=O) groups is 1. The molecule has 0 saturated carbocycles. The highest BCUT2D eigenvalue weighted by Crippen LogP contribution is 2.40. The molecular weight excluding hydrogens is 150 g/mol. The Balaban J connectivity index is 2.90. The zero-order valence-electron chi connectivity index (χ0n) is 8.14. The Labute approximate surface area is 73.6 Å². The Morgan fingerprint density at radius 2 is 2.17 bits per heavy atom. The zero-order valence-corrected chi connectivity index (χ0v) is 8.14.